The van der Waals surface area contributed by atoms with E-state index in [1.165, 1.54) is 27.3 Å². The molecule has 0 atom stereocenters. The summed E-state index contributed by atoms with van der Waals surface area (Å²) in [6, 6.07) is 68.8. The zero-order valence-electron chi connectivity index (χ0n) is 28.3. The molecule has 0 amide bonds. The molecule has 1 heterocycles. The Morgan fingerprint density at radius 3 is 1.85 bits per heavy atom. The van der Waals surface area contributed by atoms with Crippen LogP contribution in [0.3, 0.4) is 0 Å². The summed E-state index contributed by atoms with van der Waals surface area (Å²) >= 11 is 0. The average molecular weight is 665 g/mol. The number of hydrogen-bond acceptors (Lipinski definition) is 3. The van der Waals surface area contributed by atoms with Crippen molar-refractivity contribution in [2.24, 2.45) is 0 Å². The maximum Gasteiger partial charge on any atom is 0.227 e. The smallest absolute Gasteiger partial charge is 0.227 e. The van der Waals surface area contributed by atoms with Crippen LogP contribution in [-0.2, 0) is 0 Å². The molecule has 0 unspecified atom stereocenters. The third kappa shape index (κ3) is 5.10. The molecule has 1 aromatic heterocycles. The molecule has 0 aliphatic heterocycles. The molecule has 0 radical (unpaired) electrons. The van der Waals surface area contributed by atoms with Crippen LogP contribution in [0.25, 0.3) is 77.1 Å². The van der Waals surface area contributed by atoms with E-state index in [1.54, 1.807) is 0 Å². The van der Waals surface area contributed by atoms with Gasteiger partial charge in [0.05, 0.1) is 11.4 Å². The molecule has 3 heteroatoms. The van der Waals surface area contributed by atoms with Gasteiger partial charge in [-0.05, 0) is 74.6 Å². The van der Waals surface area contributed by atoms with Gasteiger partial charge in [-0.25, -0.2) is 4.98 Å². The predicted molar refractivity (Wildman–Crippen MR) is 218 cm³/mol. The van der Waals surface area contributed by atoms with Crippen molar-refractivity contribution in [1.29, 1.82) is 0 Å². The Balaban J connectivity index is 1.19. The SMILES string of the molecule is c1ccc(-c2ccccc2N(c2ccc(-c3cccc4ccccc34)cc2)c2cc3nc(-c4ccc5ccccc5c4)oc3c3ccccc23)cc1. The highest BCUT2D eigenvalue weighted by Gasteiger charge is 2.23. The minimum Gasteiger partial charge on any atom is -0.435 e. The van der Waals surface area contributed by atoms with Crippen molar-refractivity contribution in [2.75, 3.05) is 4.90 Å². The van der Waals surface area contributed by atoms with Crippen molar-refractivity contribution in [3.8, 4) is 33.7 Å². The number of para-hydroxylation sites is 1. The number of oxazole rings is 1. The lowest BCUT2D eigenvalue weighted by Crippen LogP contribution is -2.12. The first-order chi connectivity index (χ1) is 25.8. The zero-order valence-corrected chi connectivity index (χ0v) is 28.3. The maximum atomic E-state index is 6.63. The fourth-order valence-corrected chi connectivity index (χ4v) is 7.57. The molecular weight excluding hydrogens is 633 g/mol. The number of anilines is 3. The van der Waals surface area contributed by atoms with Crippen molar-refractivity contribution in [2.45, 2.75) is 0 Å². The lowest BCUT2D eigenvalue weighted by atomic mass is 9.97. The van der Waals surface area contributed by atoms with Gasteiger partial charge in [0.25, 0.3) is 0 Å². The molecule has 9 aromatic carbocycles. The van der Waals surface area contributed by atoms with E-state index < -0.39 is 0 Å². The van der Waals surface area contributed by atoms with E-state index in [9.17, 15) is 0 Å². The molecule has 0 fully saturated rings. The quantitative estimate of drug-likeness (QED) is 0.177. The van der Waals surface area contributed by atoms with E-state index in [1.807, 2.05) is 0 Å². The van der Waals surface area contributed by atoms with Crippen LogP contribution >= 0.6 is 0 Å². The van der Waals surface area contributed by atoms with Crippen LogP contribution in [0.5, 0.6) is 0 Å². The number of fused-ring (bicyclic) bond motifs is 5. The minimum absolute atomic E-state index is 0.610. The van der Waals surface area contributed by atoms with Gasteiger partial charge in [0.2, 0.25) is 5.89 Å². The van der Waals surface area contributed by atoms with Crippen LogP contribution < -0.4 is 4.90 Å². The van der Waals surface area contributed by atoms with Crippen molar-refractivity contribution in [1.82, 2.24) is 4.98 Å². The van der Waals surface area contributed by atoms with Crippen LogP contribution in [0.15, 0.2) is 199 Å². The van der Waals surface area contributed by atoms with E-state index in [0.717, 1.165) is 61.0 Å². The lowest BCUT2D eigenvalue weighted by molar-refractivity contribution is 0.623. The summed E-state index contributed by atoms with van der Waals surface area (Å²) in [7, 11) is 0. The second-order valence-corrected chi connectivity index (χ2v) is 13.2. The summed E-state index contributed by atoms with van der Waals surface area (Å²) in [6.07, 6.45) is 0. The Morgan fingerprint density at radius 1 is 0.385 bits per heavy atom. The number of hydrogen-bond donors (Lipinski definition) is 0. The monoisotopic (exact) mass is 664 g/mol. The summed E-state index contributed by atoms with van der Waals surface area (Å²) in [5, 5.41) is 6.92. The number of nitrogens with zero attached hydrogens (tertiary/aromatic N) is 2. The molecule has 10 rings (SSSR count). The molecule has 0 spiro atoms. The highest BCUT2D eigenvalue weighted by molar-refractivity contribution is 6.12. The van der Waals surface area contributed by atoms with Gasteiger partial charge in [-0.2, -0.15) is 0 Å². The van der Waals surface area contributed by atoms with E-state index in [2.05, 4.69) is 199 Å². The van der Waals surface area contributed by atoms with E-state index in [0.29, 0.717) is 5.89 Å². The third-order valence-electron chi connectivity index (χ3n) is 10.1. The number of rotatable bonds is 6. The molecule has 0 aliphatic carbocycles. The van der Waals surface area contributed by atoms with E-state index >= 15 is 0 Å². The zero-order chi connectivity index (χ0) is 34.4. The van der Waals surface area contributed by atoms with Gasteiger partial charge < -0.3 is 9.32 Å². The summed E-state index contributed by atoms with van der Waals surface area (Å²) in [4.78, 5) is 7.52. The second-order valence-electron chi connectivity index (χ2n) is 13.2. The van der Waals surface area contributed by atoms with Gasteiger partial charge in [-0.3, -0.25) is 0 Å². The summed E-state index contributed by atoms with van der Waals surface area (Å²) < 4.78 is 6.63. The van der Waals surface area contributed by atoms with Crippen molar-refractivity contribution in [3.63, 3.8) is 0 Å². The molecule has 0 saturated carbocycles. The Kier molecular flexibility index (Phi) is 7.14. The van der Waals surface area contributed by atoms with Gasteiger partial charge >= 0.3 is 0 Å². The van der Waals surface area contributed by atoms with Gasteiger partial charge in [-0.1, -0.05) is 158 Å². The molecule has 244 valence electrons. The number of benzene rings is 9. The van der Waals surface area contributed by atoms with Gasteiger partial charge in [0.15, 0.2) is 5.58 Å². The third-order valence-corrected chi connectivity index (χ3v) is 10.1. The van der Waals surface area contributed by atoms with Crippen LogP contribution in [0, 0.1) is 0 Å². The fraction of sp³-hybridized carbons (Fsp3) is 0. The molecule has 10 aromatic rings. The minimum atomic E-state index is 0.610. The van der Waals surface area contributed by atoms with Gasteiger partial charge in [0.1, 0.15) is 5.52 Å². The van der Waals surface area contributed by atoms with Crippen molar-refractivity contribution in [3.05, 3.63) is 194 Å². The fourth-order valence-electron chi connectivity index (χ4n) is 7.57. The molecule has 3 nitrogen and oxygen atoms in total. The van der Waals surface area contributed by atoms with Crippen molar-refractivity contribution >= 4 is 60.5 Å². The molecular formula is C49H32N2O. The van der Waals surface area contributed by atoms with Crippen molar-refractivity contribution < 1.29 is 4.42 Å². The average Bonchev–Trinajstić information content (AvgIpc) is 3.66. The number of aromatic nitrogens is 1. The molecule has 52 heavy (non-hydrogen) atoms. The molecule has 0 N–H and O–H groups in total. The summed E-state index contributed by atoms with van der Waals surface area (Å²) in [5.74, 6) is 0.610. The molecule has 0 saturated heterocycles. The first-order valence-corrected chi connectivity index (χ1v) is 17.6. The Labute approximate surface area is 301 Å². The Hall–Kier alpha value is -6.97. The van der Waals surface area contributed by atoms with E-state index in [-0.39, 0.29) is 0 Å². The summed E-state index contributed by atoms with van der Waals surface area (Å²) in [5.41, 5.74) is 10.4. The summed E-state index contributed by atoms with van der Waals surface area (Å²) in [6.45, 7) is 0. The maximum absolute atomic E-state index is 6.63. The Morgan fingerprint density at radius 2 is 1.00 bits per heavy atom. The van der Waals surface area contributed by atoms with Crippen LogP contribution in [0.2, 0.25) is 0 Å². The second kappa shape index (κ2) is 12.4. The highest BCUT2D eigenvalue weighted by atomic mass is 16.3. The van der Waals surface area contributed by atoms with Crippen LogP contribution in [-0.4, -0.2) is 4.98 Å². The van der Waals surface area contributed by atoms with Gasteiger partial charge in [-0.15, -0.1) is 0 Å². The normalized spacial score (nSPS) is 11.5. The Bertz CT molecular complexity index is 2900. The van der Waals surface area contributed by atoms with Crippen LogP contribution in [0.4, 0.5) is 17.1 Å². The first kappa shape index (κ1) is 29.9. The highest BCUT2D eigenvalue weighted by Crippen LogP contribution is 2.46. The van der Waals surface area contributed by atoms with Gasteiger partial charge in [0, 0.05) is 27.6 Å². The largest absolute Gasteiger partial charge is 0.435 e. The standard InChI is InChI=1S/C49H32N2O/c1-2-14-35(15-3-1)42-20-10-11-24-46(42)51(39-29-27-36(28-30-39)41-23-12-18-34-16-6-7-19-40(34)41)47-32-45-48(44-22-9-8-21-43(44)47)52-49(50-45)38-26-25-33-13-4-5-17-37(33)31-38/h1-32H. The first-order valence-electron chi connectivity index (χ1n) is 17.6. The lowest BCUT2D eigenvalue weighted by Gasteiger charge is -2.29. The molecule has 0 aliphatic rings. The van der Waals surface area contributed by atoms with E-state index in [4.69, 9.17) is 9.40 Å². The van der Waals surface area contributed by atoms with Crippen LogP contribution in [0.1, 0.15) is 0 Å². The predicted octanol–water partition coefficient (Wildman–Crippen LogP) is 13.8. The molecule has 0 bridgehead atoms. The topological polar surface area (TPSA) is 29.3 Å².